The Morgan fingerprint density at radius 1 is 1.58 bits per heavy atom. The predicted molar refractivity (Wildman–Crippen MR) is 74.4 cm³/mol. The molecule has 5 nitrogen and oxygen atoms in total. The fraction of sp³-hybridized carbons (Fsp3) is 0.385. The van der Waals surface area contributed by atoms with Crippen LogP contribution in [0.4, 0.5) is 0 Å². The minimum Gasteiger partial charge on any atom is -0.469 e. The smallest absolute Gasteiger partial charge is 0.337 e. The van der Waals surface area contributed by atoms with Crippen LogP contribution in [-0.2, 0) is 16.0 Å². The van der Waals surface area contributed by atoms with Gasteiger partial charge in [0.1, 0.15) is 5.76 Å². The second-order valence-corrected chi connectivity index (χ2v) is 4.64. The molecular weight excluding hydrogens is 264 g/mol. The van der Waals surface area contributed by atoms with Gasteiger partial charge in [-0.25, -0.2) is 4.79 Å². The third-order valence-corrected chi connectivity index (χ3v) is 3.05. The standard InChI is InChI=1S/C13H16N2O3S/c1-9-11(8-14-13(19)15-9)12(16)18-7-3-5-10-4-2-6-17-10/h2,4,6H,3,5,7-8H2,1H3,(H2,14,15,19). The van der Waals surface area contributed by atoms with Gasteiger partial charge in [-0.15, -0.1) is 0 Å². The van der Waals surface area contributed by atoms with E-state index in [2.05, 4.69) is 10.6 Å². The molecule has 19 heavy (non-hydrogen) atoms. The first-order valence-corrected chi connectivity index (χ1v) is 6.52. The molecule has 0 spiro atoms. The number of ether oxygens (including phenoxy) is 1. The molecule has 102 valence electrons. The minimum absolute atomic E-state index is 0.306. The van der Waals surface area contributed by atoms with E-state index >= 15 is 0 Å². The SMILES string of the molecule is CC1=C(C(=O)OCCCc2ccco2)CNC(=S)N1. The fourth-order valence-electron chi connectivity index (χ4n) is 1.77. The van der Waals surface area contributed by atoms with Gasteiger partial charge in [-0.1, -0.05) is 0 Å². The molecule has 0 bridgehead atoms. The summed E-state index contributed by atoms with van der Waals surface area (Å²) in [5.74, 6) is 0.595. The Hall–Kier alpha value is -1.82. The molecular formula is C13H16N2O3S. The van der Waals surface area contributed by atoms with Crippen LogP contribution in [0, 0.1) is 0 Å². The van der Waals surface area contributed by atoms with Gasteiger partial charge in [-0.2, -0.15) is 0 Å². The maximum atomic E-state index is 11.8. The number of carbonyl (C=O) groups excluding carboxylic acids is 1. The van der Waals surface area contributed by atoms with Gasteiger partial charge in [-0.3, -0.25) is 0 Å². The summed E-state index contributed by atoms with van der Waals surface area (Å²) in [6.07, 6.45) is 3.14. The summed E-state index contributed by atoms with van der Waals surface area (Å²) in [6.45, 7) is 2.60. The fourth-order valence-corrected chi connectivity index (χ4v) is 1.99. The first kappa shape index (κ1) is 13.6. The highest BCUT2D eigenvalue weighted by molar-refractivity contribution is 7.80. The lowest BCUT2D eigenvalue weighted by molar-refractivity contribution is -0.139. The summed E-state index contributed by atoms with van der Waals surface area (Å²) in [5, 5.41) is 6.34. The van der Waals surface area contributed by atoms with Crippen LogP contribution in [-0.4, -0.2) is 24.2 Å². The quantitative estimate of drug-likeness (QED) is 0.484. The molecule has 1 aliphatic rings. The highest BCUT2D eigenvalue weighted by Gasteiger charge is 2.19. The molecule has 1 aliphatic heterocycles. The highest BCUT2D eigenvalue weighted by atomic mass is 32.1. The summed E-state index contributed by atoms with van der Waals surface area (Å²) in [4.78, 5) is 11.8. The molecule has 0 aliphatic carbocycles. The monoisotopic (exact) mass is 280 g/mol. The Bertz CT molecular complexity index is 494. The Kier molecular flexibility index (Phi) is 4.57. The zero-order valence-electron chi connectivity index (χ0n) is 10.7. The van der Waals surface area contributed by atoms with Crippen molar-refractivity contribution in [3.8, 4) is 0 Å². The number of hydrogen-bond acceptors (Lipinski definition) is 4. The topological polar surface area (TPSA) is 63.5 Å². The van der Waals surface area contributed by atoms with Crippen molar-refractivity contribution >= 4 is 23.3 Å². The number of esters is 1. The average Bonchev–Trinajstić information content (AvgIpc) is 2.87. The molecule has 0 aromatic carbocycles. The Labute approximate surface area is 117 Å². The van der Waals surface area contributed by atoms with Gasteiger partial charge in [-0.05, 0) is 37.7 Å². The van der Waals surface area contributed by atoms with Crippen molar-refractivity contribution in [3.63, 3.8) is 0 Å². The predicted octanol–water partition coefficient (Wildman–Crippen LogP) is 1.51. The maximum absolute atomic E-state index is 11.8. The Morgan fingerprint density at radius 2 is 2.42 bits per heavy atom. The average molecular weight is 280 g/mol. The van der Waals surface area contributed by atoms with Gasteiger partial charge < -0.3 is 19.8 Å². The van der Waals surface area contributed by atoms with Crippen LogP contribution in [0.25, 0.3) is 0 Å². The first-order valence-electron chi connectivity index (χ1n) is 6.11. The van der Waals surface area contributed by atoms with E-state index in [1.54, 1.807) is 6.26 Å². The number of nitrogens with one attached hydrogen (secondary N) is 2. The van der Waals surface area contributed by atoms with Crippen molar-refractivity contribution in [1.29, 1.82) is 0 Å². The Morgan fingerprint density at radius 3 is 3.11 bits per heavy atom. The van der Waals surface area contributed by atoms with Gasteiger partial charge in [0.05, 0.1) is 25.0 Å². The molecule has 0 saturated heterocycles. The Balaban J connectivity index is 1.75. The number of aryl methyl sites for hydroxylation is 1. The lowest BCUT2D eigenvalue weighted by Gasteiger charge is -2.20. The third kappa shape index (κ3) is 3.82. The van der Waals surface area contributed by atoms with Crippen LogP contribution in [0.15, 0.2) is 34.1 Å². The largest absolute Gasteiger partial charge is 0.469 e. The summed E-state index contributed by atoms with van der Waals surface area (Å²) in [6, 6.07) is 3.75. The summed E-state index contributed by atoms with van der Waals surface area (Å²) in [7, 11) is 0. The minimum atomic E-state index is -0.306. The zero-order chi connectivity index (χ0) is 13.7. The van der Waals surface area contributed by atoms with Crippen LogP contribution in [0.1, 0.15) is 19.1 Å². The molecule has 0 saturated carbocycles. The maximum Gasteiger partial charge on any atom is 0.337 e. The van der Waals surface area contributed by atoms with E-state index in [-0.39, 0.29) is 5.97 Å². The molecule has 6 heteroatoms. The van der Waals surface area contributed by atoms with Gasteiger partial charge in [0.25, 0.3) is 0 Å². The normalized spacial score (nSPS) is 14.9. The van der Waals surface area contributed by atoms with Crippen LogP contribution in [0.3, 0.4) is 0 Å². The van der Waals surface area contributed by atoms with Crippen LogP contribution in [0.5, 0.6) is 0 Å². The van der Waals surface area contributed by atoms with Crippen LogP contribution in [0.2, 0.25) is 0 Å². The molecule has 2 rings (SSSR count). The molecule has 0 unspecified atom stereocenters. The van der Waals surface area contributed by atoms with E-state index in [1.807, 2.05) is 19.1 Å². The number of allylic oxidation sites excluding steroid dienone is 1. The van der Waals surface area contributed by atoms with Crippen molar-refractivity contribution in [2.45, 2.75) is 19.8 Å². The lowest BCUT2D eigenvalue weighted by Crippen LogP contribution is -2.42. The van der Waals surface area contributed by atoms with E-state index in [1.165, 1.54) is 0 Å². The zero-order valence-corrected chi connectivity index (χ0v) is 11.5. The number of rotatable bonds is 5. The molecule has 0 atom stereocenters. The highest BCUT2D eigenvalue weighted by Crippen LogP contribution is 2.08. The molecule has 1 aromatic heterocycles. The number of furan rings is 1. The number of hydrogen-bond donors (Lipinski definition) is 2. The van der Waals surface area contributed by atoms with Crippen LogP contribution >= 0.6 is 12.2 Å². The van der Waals surface area contributed by atoms with E-state index in [9.17, 15) is 4.79 Å². The van der Waals surface area contributed by atoms with Crippen molar-refractivity contribution in [1.82, 2.24) is 10.6 Å². The molecule has 0 radical (unpaired) electrons. The molecule has 2 heterocycles. The third-order valence-electron chi connectivity index (χ3n) is 2.81. The van der Waals surface area contributed by atoms with E-state index in [0.717, 1.165) is 24.3 Å². The number of thiocarbonyl (C=S) groups is 1. The van der Waals surface area contributed by atoms with Gasteiger partial charge in [0.15, 0.2) is 5.11 Å². The van der Waals surface area contributed by atoms with Crippen LogP contribution < -0.4 is 10.6 Å². The lowest BCUT2D eigenvalue weighted by atomic mass is 10.2. The van der Waals surface area contributed by atoms with Gasteiger partial charge in [0, 0.05) is 12.1 Å². The van der Waals surface area contributed by atoms with Crippen molar-refractivity contribution in [3.05, 3.63) is 35.4 Å². The van der Waals surface area contributed by atoms with Gasteiger partial charge in [0.2, 0.25) is 0 Å². The molecule has 0 amide bonds. The second-order valence-electron chi connectivity index (χ2n) is 4.23. The number of carbonyl (C=O) groups is 1. The second kappa shape index (κ2) is 6.38. The van der Waals surface area contributed by atoms with E-state index in [4.69, 9.17) is 21.4 Å². The van der Waals surface area contributed by atoms with Crippen molar-refractivity contribution in [2.24, 2.45) is 0 Å². The molecule has 2 N–H and O–H groups in total. The van der Waals surface area contributed by atoms with Gasteiger partial charge >= 0.3 is 5.97 Å². The molecule has 0 fully saturated rings. The summed E-state index contributed by atoms with van der Waals surface area (Å²) >= 11 is 4.96. The first-order chi connectivity index (χ1) is 9.16. The molecule has 1 aromatic rings. The summed E-state index contributed by atoms with van der Waals surface area (Å²) < 4.78 is 10.4. The van der Waals surface area contributed by atoms with E-state index < -0.39 is 0 Å². The van der Waals surface area contributed by atoms with Crippen molar-refractivity contribution < 1.29 is 13.9 Å². The van der Waals surface area contributed by atoms with Crippen molar-refractivity contribution in [2.75, 3.05) is 13.2 Å². The van der Waals surface area contributed by atoms with E-state index in [0.29, 0.717) is 23.8 Å². The summed E-state index contributed by atoms with van der Waals surface area (Å²) in [5.41, 5.74) is 1.34.